The van der Waals surface area contributed by atoms with Crippen LogP contribution in [0.15, 0.2) is 23.4 Å². The first kappa shape index (κ1) is 18.3. The molecule has 1 aromatic heterocycles. The van der Waals surface area contributed by atoms with E-state index in [0.717, 1.165) is 22.9 Å². The van der Waals surface area contributed by atoms with Crippen molar-refractivity contribution in [2.24, 2.45) is 0 Å². The molecule has 0 bridgehead atoms. The van der Waals surface area contributed by atoms with Gasteiger partial charge in [-0.25, -0.2) is 22.0 Å². The number of thioether (sulfide) groups is 1. The maximum absolute atomic E-state index is 13.8. The Hall–Kier alpha value is -2.49. The lowest BCUT2D eigenvalue weighted by atomic mass is 10.1. The van der Waals surface area contributed by atoms with Gasteiger partial charge in [0.05, 0.1) is 5.69 Å². The van der Waals surface area contributed by atoms with E-state index in [4.69, 9.17) is 0 Å². The minimum atomic E-state index is -2.19. The van der Waals surface area contributed by atoms with Gasteiger partial charge in [0, 0.05) is 11.3 Å². The van der Waals surface area contributed by atoms with Crippen molar-refractivity contribution in [2.75, 3.05) is 0 Å². The maximum atomic E-state index is 13.8. The molecule has 0 aliphatic rings. The number of nitrogens with zero attached hydrogens (tertiary/aromatic N) is 4. The topological polar surface area (TPSA) is 43.6 Å². The van der Waals surface area contributed by atoms with Crippen LogP contribution in [0.5, 0.6) is 0 Å². The first-order valence-corrected chi connectivity index (χ1v) is 8.29. The Kier molecular flexibility index (Phi) is 4.94. The zero-order valence-corrected chi connectivity index (χ0v) is 14.3. The van der Waals surface area contributed by atoms with E-state index in [1.54, 1.807) is 0 Å². The highest BCUT2D eigenvalue weighted by molar-refractivity contribution is 7.98. The number of halogens is 5. The van der Waals surface area contributed by atoms with Gasteiger partial charge in [-0.1, -0.05) is 23.9 Å². The van der Waals surface area contributed by atoms with Gasteiger partial charge in [-0.15, -0.1) is 5.10 Å². The van der Waals surface area contributed by atoms with E-state index >= 15 is 0 Å². The van der Waals surface area contributed by atoms with Crippen molar-refractivity contribution in [2.45, 2.75) is 24.8 Å². The Bertz CT molecular complexity index is 960. The maximum Gasteiger partial charge on any atom is 0.214 e. The van der Waals surface area contributed by atoms with Crippen molar-refractivity contribution in [1.82, 2.24) is 20.2 Å². The fraction of sp³-hybridized carbons (Fsp3) is 0.188. The van der Waals surface area contributed by atoms with Gasteiger partial charge < -0.3 is 0 Å². The largest absolute Gasteiger partial charge is 0.214 e. The summed E-state index contributed by atoms with van der Waals surface area (Å²) in [5, 5.41) is 11.3. The van der Waals surface area contributed by atoms with Crippen molar-refractivity contribution >= 4 is 11.8 Å². The highest BCUT2D eigenvalue weighted by atomic mass is 32.2. The molecular formula is C16H11F5N4S. The third kappa shape index (κ3) is 3.16. The summed E-state index contributed by atoms with van der Waals surface area (Å²) in [6.45, 7) is 3.70. The smallest absolute Gasteiger partial charge is 0.203 e. The van der Waals surface area contributed by atoms with Crippen LogP contribution in [-0.2, 0) is 5.75 Å². The molecule has 0 radical (unpaired) electrons. The van der Waals surface area contributed by atoms with E-state index in [9.17, 15) is 22.0 Å². The molecule has 10 heteroatoms. The Morgan fingerprint density at radius 2 is 1.54 bits per heavy atom. The zero-order chi connectivity index (χ0) is 19.0. The lowest BCUT2D eigenvalue weighted by Gasteiger charge is -2.10. The second kappa shape index (κ2) is 7.02. The summed E-state index contributed by atoms with van der Waals surface area (Å²) in [7, 11) is 0. The van der Waals surface area contributed by atoms with Crippen molar-refractivity contribution in [1.29, 1.82) is 0 Å². The third-order valence-electron chi connectivity index (χ3n) is 3.68. The quantitative estimate of drug-likeness (QED) is 0.291. The SMILES string of the molecule is Cc1ccc(C)c(-n2nnnc2SCc2c(F)c(F)c(F)c(F)c2F)c1. The summed E-state index contributed by atoms with van der Waals surface area (Å²) in [5.74, 6) is -10.4. The predicted molar refractivity (Wildman–Crippen MR) is 84.4 cm³/mol. The van der Waals surface area contributed by atoms with Crippen LogP contribution in [-0.4, -0.2) is 20.2 Å². The number of hydrogen-bond acceptors (Lipinski definition) is 4. The standard InChI is InChI=1S/C16H11F5N4S/c1-7-3-4-8(2)10(5-7)25-16(22-23-24-25)26-6-9-11(17)13(19)15(21)14(20)12(9)18/h3-5H,6H2,1-2H3. The van der Waals surface area contributed by atoms with E-state index in [0.29, 0.717) is 5.69 Å². The number of hydrogen-bond donors (Lipinski definition) is 0. The fourth-order valence-electron chi connectivity index (χ4n) is 2.28. The summed E-state index contributed by atoms with van der Waals surface area (Å²) in [6.07, 6.45) is 0. The van der Waals surface area contributed by atoms with Gasteiger partial charge >= 0.3 is 0 Å². The van der Waals surface area contributed by atoms with Crippen LogP contribution < -0.4 is 0 Å². The molecule has 3 rings (SSSR count). The number of aromatic nitrogens is 4. The Balaban J connectivity index is 1.94. The first-order valence-electron chi connectivity index (χ1n) is 7.30. The van der Waals surface area contributed by atoms with Gasteiger partial charge in [0.1, 0.15) is 0 Å². The Morgan fingerprint density at radius 1 is 0.923 bits per heavy atom. The summed E-state index contributed by atoms with van der Waals surface area (Å²) in [4.78, 5) is 0. The van der Waals surface area contributed by atoms with Crippen molar-refractivity contribution in [3.05, 3.63) is 64.0 Å². The minimum absolute atomic E-state index is 0.155. The normalized spacial score (nSPS) is 11.2. The zero-order valence-electron chi connectivity index (χ0n) is 13.5. The molecule has 2 aromatic carbocycles. The van der Waals surface area contributed by atoms with Crippen molar-refractivity contribution in [3.8, 4) is 5.69 Å². The van der Waals surface area contributed by atoms with E-state index in [1.165, 1.54) is 4.68 Å². The Labute approximate surface area is 149 Å². The average Bonchev–Trinajstić information content (AvgIpc) is 3.08. The van der Waals surface area contributed by atoms with E-state index in [1.807, 2.05) is 32.0 Å². The molecule has 0 fully saturated rings. The van der Waals surface area contributed by atoms with E-state index in [-0.39, 0.29) is 5.16 Å². The molecule has 0 spiro atoms. The summed E-state index contributed by atoms with van der Waals surface area (Å²) < 4.78 is 68.6. The van der Waals surface area contributed by atoms with Crippen molar-refractivity contribution < 1.29 is 22.0 Å². The van der Waals surface area contributed by atoms with Crippen LogP contribution in [0.25, 0.3) is 5.69 Å². The number of aryl methyl sites for hydroxylation is 2. The molecule has 0 saturated carbocycles. The van der Waals surface area contributed by atoms with Crippen molar-refractivity contribution in [3.63, 3.8) is 0 Å². The van der Waals surface area contributed by atoms with Gasteiger partial charge in [0.15, 0.2) is 23.3 Å². The molecule has 1 heterocycles. The molecule has 0 aliphatic carbocycles. The second-order valence-corrected chi connectivity index (χ2v) is 6.44. The molecule has 0 N–H and O–H groups in total. The molecule has 26 heavy (non-hydrogen) atoms. The van der Waals surface area contributed by atoms with Gasteiger partial charge in [0.2, 0.25) is 11.0 Å². The van der Waals surface area contributed by atoms with Gasteiger partial charge in [-0.3, -0.25) is 0 Å². The minimum Gasteiger partial charge on any atom is -0.203 e. The molecule has 4 nitrogen and oxygen atoms in total. The second-order valence-electron chi connectivity index (χ2n) is 5.50. The summed E-state index contributed by atoms with van der Waals surface area (Å²) in [6, 6.07) is 5.56. The summed E-state index contributed by atoms with van der Waals surface area (Å²) >= 11 is 0.759. The lowest BCUT2D eigenvalue weighted by Crippen LogP contribution is -2.07. The van der Waals surface area contributed by atoms with Crippen LogP contribution in [0, 0.1) is 42.9 Å². The van der Waals surface area contributed by atoms with Crippen LogP contribution in [0.3, 0.4) is 0 Å². The monoisotopic (exact) mass is 386 g/mol. The van der Waals surface area contributed by atoms with Crippen LogP contribution >= 0.6 is 11.8 Å². The number of tetrazole rings is 1. The predicted octanol–water partition coefficient (Wildman–Crippen LogP) is 4.27. The van der Waals surface area contributed by atoms with Crippen LogP contribution in [0.2, 0.25) is 0 Å². The molecule has 0 atom stereocenters. The van der Waals surface area contributed by atoms with Gasteiger partial charge in [-0.05, 0) is 41.5 Å². The first-order chi connectivity index (χ1) is 12.3. The molecular weight excluding hydrogens is 375 g/mol. The summed E-state index contributed by atoms with van der Waals surface area (Å²) in [5.41, 5.74) is 1.51. The molecule has 0 aliphatic heterocycles. The number of benzene rings is 2. The highest BCUT2D eigenvalue weighted by Crippen LogP contribution is 2.29. The van der Waals surface area contributed by atoms with Crippen LogP contribution in [0.1, 0.15) is 16.7 Å². The van der Waals surface area contributed by atoms with Gasteiger partial charge in [-0.2, -0.15) is 4.68 Å². The fourth-order valence-corrected chi connectivity index (χ4v) is 3.16. The average molecular weight is 386 g/mol. The van der Waals surface area contributed by atoms with E-state index < -0.39 is 40.4 Å². The molecule has 0 saturated heterocycles. The highest BCUT2D eigenvalue weighted by Gasteiger charge is 2.26. The lowest BCUT2D eigenvalue weighted by molar-refractivity contribution is 0.372. The molecule has 0 unspecified atom stereocenters. The molecule has 0 amide bonds. The van der Waals surface area contributed by atoms with Crippen LogP contribution in [0.4, 0.5) is 22.0 Å². The number of rotatable bonds is 4. The molecule has 136 valence electrons. The van der Waals surface area contributed by atoms with E-state index in [2.05, 4.69) is 15.5 Å². The Morgan fingerprint density at radius 3 is 2.19 bits per heavy atom. The molecule has 3 aromatic rings. The third-order valence-corrected chi connectivity index (χ3v) is 4.63. The van der Waals surface area contributed by atoms with Gasteiger partial charge in [0.25, 0.3) is 0 Å².